The van der Waals surface area contributed by atoms with Gasteiger partial charge in [-0.05, 0) is 11.4 Å². The number of thiophene rings is 1. The maximum atomic E-state index is 12.5. The summed E-state index contributed by atoms with van der Waals surface area (Å²) in [4.78, 5) is 32.0. The van der Waals surface area contributed by atoms with E-state index in [1.165, 1.54) is 16.2 Å². The third-order valence-corrected chi connectivity index (χ3v) is 6.26. The maximum absolute atomic E-state index is 12.5. The normalized spacial score (nSPS) is 15.8. The molecule has 4 nitrogen and oxygen atoms in total. The van der Waals surface area contributed by atoms with Crippen molar-refractivity contribution >= 4 is 34.5 Å². The van der Waals surface area contributed by atoms with Crippen LogP contribution < -0.4 is 0 Å². The molecule has 0 unspecified atom stereocenters. The highest BCUT2D eigenvalue weighted by atomic mass is 32.1. The molecular formula is C19H16N2O2S2. The van der Waals surface area contributed by atoms with Crippen LogP contribution in [0.2, 0.25) is 0 Å². The molecule has 0 radical (unpaired) electrons. The molecule has 25 heavy (non-hydrogen) atoms. The Morgan fingerprint density at radius 1 is 1.00 bits per heavy atom. The van der Waals surface area contributed by atoms with Gasteiger partial charge in [0.1, 0.15) is 5.01 Å². The summed E-state index contributed by atoms with van der Waals surface area (Å²) in [5, 5.41) is 4.81. The van der Waals surface area contributed by atoms with Crippen LogP contribution in [0.5, 0.6) is 0 Å². The summed E-state index contributed by atoms with van der Waals surface area (Å²) in [7, 11) is 0. The van der Waals surface area contributed by atoms with Gasteiger partial charge in [0.2, 0.25) is 11.8 Å². The second kappa shape index (κ2) is 6.90. The lowest BCUT2D eigenvalue weighted by Crippen LogP contribution is -2.42. The summed E-state index contributed by atoms with van der Waals surface area (Å²) in [5.74, 6) is -0.195. The molecule has 1 fully saturated rings. The van der Waals surface area contributed by atoms with Crippen molar-refractivity contribution in [3.8, 4) is 10.6 Å². The first-order valence-corrected chi connectivity index (χ1v) is 9.83. The van der Waals surface area contributed by atoms with Gasteiger partial charge in [0.15, 0.2) is 0 Å². The summed E-state index contributed by atoms with van der Waals surface area (Å²) < 4.78 is 0. The maximum Gasteiger partial charge on any atom is 0.230 e. The SMILES string of the molecule is O=C1CC(c2cccs2)CC(=O)N1Cc1csc(-c2ccccc2)n1. The van der Waals surface area contributed by atoms with Crippen molar-refractivity contribution in [2.24, 2.45) is 0 Å². The van der Waals surface area contributed by atoms with Crippen LogP contribution in [0.15, 0.2) is 53.2 Å². The first-order valence-electron chi connectivity index (χ1n) is 8.07. The molecule has 6 heteroatoms. The van der Waals surface area contributed by atoms with Crippen molar-refractivity contribution in [1.29, 1.82) is 0 Å². The van der Waals surface area contributed by atoms with Gasteiger partial charge in [-0.1, -0.05) is 36.4 Å². The van der Waals surface area contributed by atoms with E-state index in [-0.39, 0.29) is 24.3 Å². The Bertz CT molecular complexity index is 869. The zero-order valence-electron chi connectivity index (χ0n) is 13.4. The molecule has 126 valence electrons. The largest absolute Gasteiger partial charge is 0.276 e. The zero-order chi connectivity index (χ0) is 17.2. The van der Waals surface area contributed by atoms with E-state index in [9.17, 15) is 9.59 Å². The van der Waals surface area contributed by atoms with E-state index in [4.69, 9.17) is 0 Å². The predicted octanol–water partition coefficient (Wildman–Crippen LogP) is 4.30. The van der Waals surface area contributed by atoms with Crippen LogP contribution in [0, 0.1) is 0 Å². The van der Waals surface area contributed by atoms with E-state index < -0.39 is 0 Å². The molecule has 2 amide bonds. The van der Waals surface area contributed by atoms with E-state index in [0.717, 1.165) is 21.1 Å². The van der Waals surface area contributed by atoms with Crippen molar-refractivity contribution in [2.45, 2.75) is 25.3 Å². The van der Waals surface area contributed by atoms with Crippen LogP contribution in [-0.2, 0) is 16.1 Å². The highest BCUT2D eigenvalue weighted by molar-refractivity contribution is 7.13. The fraction of sp³-hybridized carbons (Fsp3) is 0.211. The third-order valence-electron chi connectivity index (χ3n) is 4.28. The van der Waals surface area contributed by atoms with Gasteiger partial charge in [0.05, 0.1) is 12.2 Å². The average molecular weight is 368 g/mol. The number of thiazole rings is 1. The Morgan fingerprint density at radius 3 is 2.44 bits per heavy atom. The van der Waals surface area contributed by atoms with E-state index in [2.05, 4.69) is 4.98 Å². The predicted molar refractivity (Wildman–Crippen MR) is 99.4 cm³/mol. The van der Waals surface area contributed by atoms with Gasteiger partial charge in [-0.25, -0.2) is 4.98 Å². The van der Waals surface area contributed by atoms with Gasteiger partial charge in [-0.2, -0.15) is 0 Å². The van der Waals surface area contributed by atoms with Crippen LogP contribution in [0.25, 0.3) is 10.6 Å². The Labute approximate surface area is 153 Å². The van der Waals surface area contributed by atoms with Crippen LogP contribution in [-0.4, -0.2) is 21.7 Å². The van der Waals surface area contributed by atoms with Crippen molar-refractivity contribution in [3.63, 3.8) is 0 Å². The number of carbonyl (C=O) groups is 2. The molecule has 3 aromatic rings. The number of hydrogen-bond donors (Lipinski definition) is 0. The topological polar surface area (TPSA) is 50.3 Å². The lowest BCUT2D eigenvalue weighted by Gasteiger charge is -2.29. The molecular weight excluding hydrogens is 352 g/mol. The number of amides is 2. The van der Waals surface area contributed by atoms with Gasteiger partial charge < -0.3 is 0 Å². The minimum atomic E-state index is -0.107. The molecule has 0 saturated carbocycles. The fourth-order valence-electron chi connectivity index (χ4n) is 3.01. The van der Waals surface area contributed by atoms with Crippen LogP contribution in [0.4, 0.5) is 0 Å². The Balaban J connectivity index is 1.47. The molecule has 1 aromatic carbocycles. The first-order chi connectivity index (χ1) is 12.2. The number of carbonyl (C=O) groups excluding carboxylic acids is 2. The van der Waals surface area contributed by atoms with Crippen LogP contribution in [0.3, 0.4) is 0 Å². The second-order valence-corrected chi connectivity index (χ2v) is 7.84. The summed E-state index contributed by atoms with van der Waals surface area (Å²) in [6.07, 6.45) is 0.782. The lowest BCUT2D eigenvalue weighted by atomic mass is 9.94. The summed E-state index contributed by atoms with van der Waals surface area (Å²) in [5.41, 5.74) is 1.81. The highest BCUT2D eigenvalue weighted by Gasteiger charge is 2.34. The molecule has 0 bridgehead atoms. The molecule has 1 aliphatic rings. The van der Waals surface area contributed by atoms with Crippen molar-refractivity contribution < 1.29 is 9.59 Å². The number of imide groups is 1. The van der Waals surface area contributed by atoms with Gasteiger partial charge in [0.25, 0.3) is 0 Å². The number of benzene rings is 1. The minimum Gasteiger partial charge on any atom is -0.276 e. The fourth-order valence-corrected chi connectivity index (χ4v) is 4.66. The van der Waals surface area contributed by atoms with Crippen LogP contribution in [0.1, 0.15) is 29.3 Å². The van der Waals surface area contributed by atoms with Gasteiger partial charge in [-0.3, -0.25) is 14.5 Å². The summed E-state index contributed by atoms with van der Waals surface area (Å²) in [6.45, 7) is 0.262. The van der Waals surface area contributed by atoms with Gasteiger partial charge in [-0.15, -0.1) is 22.7 Å². The van der Waals surface area contributed by atoms with Crippen molar-refractivity contribution in [1.82, 2.24) is 9.88 Å². The number of hydrogen-bond acceptors (Lipinski definition) is 5. The number of rotatable bonds is 4. The molecule has 1 saturated heterocycles. The standard InChI is InChI=1S/C19H16N2O2S2/c22-17-9-14(16-7-4-8-24-16)10-18(23)21(17)11-15-12-25-19(20-15)13-5-2-1-3-6-13/h1-8,12,14H,9-11H2. The monoisotopic (exact) mass is 368 g/mol. The number of likely N-dealkylation sites (tertiary alicyclic amines) is 1. The molecule has 0 spiro atoms. The van der Waals surface area contributed by atoms with Crippen molar-refractivity contribution in [2.75, 3.05) is 0 Å². The van der Waals surface area contributed by atoms with E-state index in [0.29, 0.717) is 12.8 Å². The Hall–Kier alpha value is -2.31. The van der Waals surface area contributed by atoms with Gasteiger partial charge in [0, 0.05) is 34.6 Å². The summed E-state index contributed by atoms with van der Waals surface area (Å²) in [6, 6.07) is 13.9. The molecule has 3 heterocycles. The second-order valence-electron chi connectivity index (χ2n) is 6.00. The highest BCUT2D eigenvalue weighted by Crippen LogP contribution is 2.33. The number of nitrogens with zero attached hydrogens (tertiary/aromatic N) is 2. The molecule has 0 N–H and O–H groups in total. The molecule has 4 rings (SSSR count). The minimum absolute atomic E-state index is 0.0200. The van der Waals surface area contributed by atoms with E-state index >= 15 is 0 Å². The Morgan fingerprint density at radius 2 is 1.76 bits per heavy atom. The quantitative estimate of drug-likeness (QED) is 0.645. The molecule has 0 aliphatic carbocycles. The average Bonchev–Trinajstić information content (AvgIpc) is 3.31. The molecule has 2 aromatic heterocycles. The molecule has 0 atom stereocenters. The zero-order valence-corrected chi connectivity index (χ0v) is 15.1. The van der Waals surface area contributed by atoms with Crippen molar-refractivity contribution in [3.05, 3.63) is 63.8 Å². The number of aromatic nitrogens is 1. The van der Waals surface area contributed by atoms with Gasteiger partial charge >= 0.3 is 0 Å². The van der Waals surface area contributed by atoms with Crippen LogP contribution >= 0.6 is 22.7 Å². The molecule has 1 aliphatic heterocycles. The first kappa shape index (κ1) is 16.2. The smallest absolute Gasteiger partial charge is 0.230 e. The summed E-state index contributed by atoms with van der Waals surface area (Å²) >= 11 is 3.14. The van der Waals surface area contributed by atoms with E-state index in [1.807, 2.05) is 53.2 Å². The lowest BCUT2D eigenvalue weighted by molar-refractivity contribution is -0.149. The Kier molecular flexibility index (Phi) is 4.46. The third kappa shape index (κ3) is 3.41. The number of piperidine rings is 1. The van der Waals surface area contributed by atoms with E-state index in [1.54, 1.807) is 11.3 Å².